The molecule has 1 amide bonds. The molecule has 0 aliphatic carbocycles. The Labute approximate surface area is 44.5 Å². The molecule has 0 aromatic rings. The molecule has 3 nitrogen and oxygen atoms in total. The van der Waals surface area contributed by atoms with Crippen molar-refractivity contribution in [2.75, 3.05) is 5.88 Å². The maximum Gasteiger partial charge on any atom is 0.299 e. The Kier molecular flexibility index (Phi) is 1.02. The molecule has 0 aromatic carbocycles. The van der Waals surface area contributed by atoms with Gasteiger partial charge in [0, 0.05) is 0 Å². The van der Waals surface area contributed by atoms with E-state index in [0.29, 0.717) is 5.88 Å². The Morgan fingerprint density at radius 2 is 2.29 bits per heavy atom. The number of thioether (sulfide) groups is 1. The summed E-state index contributed by atoms with van der Waals surface area (Å²) in [4.78, 5) is 20.2. The summed E-state index contributed by atoms with van der Waals surface area (Å²) in [6.45, 7) is 0. The molecule has 1 aliphatic rings. The highest BCUT2D eigenvalue weighted by Gasteiger charge is 2.19. The van der Waals surface area contributed by atoms with Crippen LogP contribution in [0.1, 0.15) is 0 Å². The highest BCUT2D eigenvalue weighted by Crippen LogP contribution is 2.04. The lowest BCUT2D eigenvalue weighted by molar-refractivity contribution is -0.132. The van der Waals surface area contributed by atoms with Crippen molar-refractivity contribution >= 4 is 22.8 Å². The van der Waals surface area contributed by atoms with Crippen LogP contribution in [0, 0.1) is 0 Å². The van der Waals surface area contributed by atoms with Crippen molar-refractivity contribution in [1.29, 1.82) is 0 Å². The van der Waals surface area contributed by atoms with E-state index in [1.807, 2.05) is 0 Å². The first-order valence-electron chi connectivity index (χ1n) is 1.75. The smallest absolute Gasteiger partial charge is 0.299 e. The molecule has 0 saturated carbocycles. The fraction of sp³-hybridized carbons (Fsp3) is 0.333. The van der Waals surface area contributed by atoms with Crippen molar-refractivity contribution in [2.24, 2.45) is 0 Å². The van der Waals surface area contributed by atoms with E-state index < -0.39 is 5.91 Å². The molecule has 7 heavy (non-hydrogen) atoms. The number of hydrogen-bond donors (Lipinski definition) is 1. The SMILES string of the molecule is O=C1NCSC1=O. The molecule has 0 aromatic heterocycles. The number of rotatable bonds is 0. The highest BCUT2D eigenvalue weighted by atomic mass is 32.2. The summed E-state index contributed by atoms with van der Waals surface area (Å²) >= 11 is 1.01. The second-order valence-corrected chi connectivity index (χ2v) is 2.03. The van der Waals surface area contributed by atoms with Gasteiger partial charge in [-0.2, -0.15) is 0 Å². The quantitative estimate of drug-likeness (QED) is 0.428. The van der Waals surface area contributed by atoms with Crippen LogP contribution in [0.15, 0.2) is 0 Å². The van der Waals surface area contributed by atoms with Crippen LogP contribution in [0.25, 0.3) is 0 Å². The van der Waals surface area contributed by atoms with Gasteiger partial charge in [-0.3, -0.25) is 9.59 Å². The van der Waals surface area contributed by atoms with Gasteiger partial charge in [0.1, 0.15) is 0 Å². The average Bonchev–Trinajstić information content (AvgIpc) is 1.91. The van der Waals surface area contributed by atoms with Gasteiger partial charge in [0.05, 0.1) is 5.88 Å². The molecule has 1 saturated heterocycles. The van der Waals surface area contributed by atoms with Gasteiger partial charge in [-0.1, -0.05) is 11.8 Å². The van der Waals surface area contributed by atoms with Crippen molar-refractivity contribution in [3.8, 4) is 0 Å². The van der Waals surface area contributed by atoms with Crippen LogP contribution in [0.4, 0.5) is 0 Å². The minimum atomic E-state index is -0.468. The van der Waals surface area contributed by atoms with Crippen LogP contribution in [0.3, 0.4) is 0 Å². The van der Waals surface area contributed by atoms with Gasteiger partial charge in [0.2, 0.25) is 0 Å². The van der Waals surface area contributed by atoms with E-state index in [4.69, 9.17) is 0 Å². The largest absolute Gasteiger partial charge is 0.339 e. The standard InChI is InChI=1S/C3H3NO2S/c5-2-3(6)7-1-4-2/h1H2,(H,4,5). The van der Waals surface area contributed by atoms with Gasteiger partial charge >= 0.3 is 0 Å². The van der Waals surface area contributed by atoms with E-state index in [1.165, 1.54) is 0 Å². The van der Waals surface area contributed by atoms with E-state index in [-0.39, 0.29) is 5.12 Å². The molecule has 0 spiro atoms. The van der Waals surface area contributed by atoms with Crippen LogP contribution in [0.5, 0.6) is 0 Å². The second-order valence-electron chi connectivity index (χ2n) is 1.08. The predicted octanol–water partition coefficient (Wildman–Crippen LogP) is -0.667. The first-order chi connectivity index (χ1) is 3.30. The van der Waals surface area contributed by atoms with E-state index in [9.17, 15) is 9.59 Å². The Balaban J connectivity index is 2.65. The lowest BCUT2D eigenvalue weighted by atomic mass is 10.7. The summed E-state index contributed by atoms with van der Waals surface area (Å²) in [5.74, 6) is -0.0255. The Morgan fingerprint density at radius 1 is 1.57 bits per heavy atom. The van der Waals surface area contributed by atoms with E-state index in [0.717, 1.165) is 11.8 Å². The molecule has 1 aliphatic heterocycles. The molecule has 38 valence electrons. The summed E-state index contributed by atoms with van der Waals surface area (Å²) in [6, 6.07) is 0. The van der Waals surface area contributed by atoms with Crippen molar-refractivity contribution < 1.29 is 9.59 Å². The molecular weight excluding hydrogens is 114 g/mol. The van der Waals surface area contributed by atoms with Gasteiger partial charge in [-0.25, -0.2) is 0 Å². The highest BCUT2D eigenvalue weighted by molar-refractivity contribution is 8.16. The van der Waals surface area contributed by atoms with Crippen LogP contribution in [-0.2, 0) is 9.59 Å². The number of carbonyl (C=O) groups is 2. The van der Waals surface area contributed by atoms with Crippen LogP contribution >= 0.6 is 11.8 Å². The zero-order valence-corrected chi connectivity index (χ0v) is 4.25. The molecule has 1 N–H and O–H groups in total. The van der Waals surface area contributed by atoms with Crippen LogP contribution in [-0.4, -0.2) is 16.9 Å². The van der Waals surface area contributed by atoms with Crippen molar-refractivity contribution in [3.63, 3.8) is 0 Å². The predicted molar refractivity (Wildman–Crippen MR) is 25.6 cm³/mol. The fourth-order valence-electron chi connectivity index (χ4n) is 0.305. The molecule has 1 rings (SSSR count). The van der Waals surface area contributed by atoms with Crippen molar-refractivity contribution in [3.05, 3.63) is 0 Å². The third-order valence-electron chi connectivity index (χ3n) is 0.621. The fourth-order valence-corrected chi connectivity index (χ4v) is 0.843. The number of nitrogens with one attached hydrogen (secondary N) is 1. The van der Waals surface area contributed by atoms with Gasteiger partial charge in [0.15, 0.2) is 0 Å². The first-order valence-corrected chi connectivity index (χ1v) is 2.74. The summed E-state index contributed by atoms with van der Waals surface area (Å²) in [6.07, 6.45) is 0. The summed E-state index contributed by atoms with van der Waals surface area (Å²) in [5, 5.41) is 1.97. The van der Waals surface area contributed by atoms with Gasteiger partial charge in [-0.05, 0) is 0 Å². The molecule has 1 heterocycles. The third kappa shape index (κ3) is 0.742. The van der Waals surface area contributed by atoms with Gasteiger partial charge < -0.3 is 5.32 Å². The summed E-state index contributed by atoms with van der Waals surface area (Å²) in [7, 11) is 0. The lowest BCUT2D eigenvalue weighted by Crippen LogP contribution is -2.18. The van der Waals surface area contributed by atoms with Gasteiger partial charge in [-0.15, -0.1) is 0 Å². The lowest BCUT2D eigenvalue weighted by Gasteiger charge is -1.76. The zero-order valence-electron chi connectivity index (χ0n) is 3.43. The van der Waals surface area contributed by atoms with Crippen LogP contribution in [0.2, 0.25) is 0 Å². The topological polar surface area (TPSA) is 46.2 Å². The molecular formula is C3H3NO2S. The summed E-state index contributed by atoms with van der Waals surface area (Å²) < 4.78 is 0. The average molecular weight is 117 g/mol. The second kappa shape index (κ2) is 1.54. The summed E-state index contributed by atoms with van der Waals surface area (Å²) in [5.41, 5.74) is 0. The first kappa shape index (κ1) is 4.64. The Bertz CT molecular complexity index is 108. The van der Waals surface area contributed by atoms with Gasteiger partial charge in [0.25, 0.3) is 11.0 Å². The number of amides is 1. The number of carbonyl (C=O) groups excluding carboxylic acids is 2. The van der Waals surface area contributed by atoms with E-state index in [2.05, 4.69) is 5.32 Å². The zero-order chi connectivity index (χ0) is 5.28. The minimum Gasteiger partial charge on any atom is -0.339 e. The normalized spacial score (nSPS) is 20.0. The molecule has 1 fully saturated rings. The number of hydrogen-bond acceptors (Lipinski definition) is 3. The van der Waals surface area contributed by atoms with E-state index in [1.54, 1.807) is 0 Å². The monoisotopic (exact) mass is 117 g/mol. The Morgan fingerprint density at radius 3 is 2.43 bits per heavy atom. The molecule has 0 radical (unpaired) electrons. The van der Waals surface area contributed by atoms with Crippen molar-refractivity contribution in [2.45, 2.75) is 0 Å². The molecule has 0 bridgehead atoms. The maximum atomic E-state index is 10.1. The molecule has 0 atom stereocenters. The Hall–Kier alpha value is -0.510. The van der Waals surface area contributed by atoms with Crippen molar-refractivity contribution in [1.82, 2.24) is 5.32 Å². The maximum absolute atomic E-state index is 10.1. The molecule has 0 unspecified atom stereocenters. The minimum absolute atomic E-state index is 0.375. The molecule has 4 heteroatoms. The van der Waals surface area contributed by atoms with Crippen LogP contribution < -0.4 is 5.32 Å². The third-order valence-corrected chi connectivity index (χ3v) is 1.36. The van der Waals surface area contributed by atoms with E-state index >= 15 is 0 Å².